The van der Waals surface area contributed by atoms with Crippen LogP contribution in [0.2, 0.25) is 0 Å². The van der Waals surface area contributed by atoms with E-state index in [-0.39, 0.29) is 18.6 Å². The van der Waals surface area contributed by atoms with E-state index >= 15 is 0 Å². The predicted molar refractivity (Wildman–Crippen MR) is 118 cm³/mol. The first kappa shape index (κ1) is 20.7. The number of carbonyl (C=O) groups is 1. The molecule has 32 heavy (non-hydrogen) atoms. The van der Waals surface area contributed by atoms with Crippen molar-refractivity contribution in [2.24, 2.45) is 0 Å². The van der Waals surface area contributed by atoms with Gasteiger partial charge in [0.2, 0.25) is 5.89 Å². The summed E-state index contributed by atoms with van der Waals surface area (Å²) in [6.07, 6.45) is 4.57. The Balaban J connectivity index is 1.41. The molecule has 0 spiro atoms. The fourth-order valence-electron chi connectivity index (χ4n) is 4.44. The van der Waals surface area contributed by atoms with Crippen molar-refractivity contribution in [2.45, 2.75) is 38.3 Å². The lowest BCUT2D eigenvalue weighted by atomic mass is 9.92. The number of nitrogens with one attached hydrogen (secondary N) is 1. The van der Waals surface area contributed by atoms with Gasteiger partial charge in [-0.25, -0.2) is 4.98 Å². The van der Waals surface area contributed by atoms with E-state index in [4.69, 9.17) is 13.9 Å². The molecule has 7 heteroatoms. The Morgan fingerprint density at radius 3 is 2.84 bits per heavy atom. The molecule has 0 bridgehead atoms. The Labute approximate surface area is 186 Å². The third kappa shape index (κ3) is 4.01. The maximum absolute atomic E-state index is 13.1. The SMILES string of the molecule is Cc1c(Cc2ccc(-c3ncco3)cc2)cc(C(=O)N[C@H]2CCOC[C@@H]2O)c2c1CCO2. The standard InChI is InChI=1S/C25H26N2O5/c1-15-18(12-16-2-4-17(5-3-16)25-26-8-11-32-25)13-20(23-19(15)6-10-31-23)24(29)27-21-7-9-30-14-22(21)28/h2-5,8,11,13,21-22,28H,6-7,9-10,12,14H2,1H3,(H,27,29)/t21-,22-/m0/s1. The van der Waals surface area contributed by atoms with Crippen molar-refractivity contribution in [1.82, 2.24) is 10.3 Å². The summed E-state index contributed by atoms with van der Waals surface area (Å²) in [4.78, 5) is 17.3. The molecule has 5 rings (SSSR count). The summed E-state index contributed by atoms with van der Waals surface area (Å²) in [7, 11) is 0. The molecule has 2 aromatic carbocycles. The Morgan fingerprint density at radius 1 is 1.25 bits per heavy atom. The van der Waals surface area contributed by atoms with Crippen molar-refractivity contribution in [2.75, 3.05) is 19.8 Å². The van der Waals surface area contributed by atoms with Crippen molar-refractivity contribution in [3.8, 4) is 17.2 Å². The molecule has 7 nitrogen and oxygen atoms in total. The number of amides is 1. The molecule has 166 valence electrons. The average Bonchev–Trinajstić information content (AvgIpc) is 3.50. The lowest BCUT2D eigenvalue weighted by Crippen LogP contribution is -2.48. The van der Waals surface area contributed by atoms with Gasteiger partial charge >= 0.3 is 0 Å². The van der Waals surface area contributed by atoms with Gasteiger partial charge in [-0.05, 0) is 54.7 Å². The third-order valence-corrected chi connectivity index (χ3v) is 6.29. The van der Waals surface area contributed by atoms with E-state index in [1.807, 2.05) is 18.2 Å². The van der Waals surface area contributed by atoms with Crippen molar-refractivity contribution in [3.05, 3.63) is 70.6 Å². The second-order valence-electron chi connectivity index (χ2n) is 8.34. The maximum atomic E-state index is 13.1. The second kappa shape index (κ2) is 8.76. The van der Waals surface area contributed by atoms with Crippen molar-refractivity contribution >= 4 is 5.91 Å². The van der Waals surface area contributed by atoms with Crippen LogP contribution in [0.25, 0.3) is 11.5 Å². The molecule has 1 saturated heterocycles. The molecule has 1 aromatic heterocycles. The maximum Gasteiger partial charge on any atom is 0.255 e. The molecule has 1 amide bonds. The minimum absolute atomic E-state index is 0.213. The molecule has 0 radical (unpaired) electrons. The van der Waals surface area contributed by atoms with Gasteiger partial charge in [-0.15, -0.1) is 0 Å². The number of oxazole rings is 1. The molecule has 2 N–H and O–H groups in total. The zero-order valence-corrected chi connectivity index (χ0v) is 18.0. The first-order valence-electron chi connectivity index (χ1n) is 10.9. The number of hydrogen-bond acceptors (Lipinski definition) is 6. The topological polar surface area (TPSA) is 93.8 Å². The van der Waals surface area contributed by atoms with Crippen LogP contribution in [0.4, 0.5) is 0 Å². The molecule has 0 aliphatic carbocycles. The highest BCUT2D eigenvalue weighted by atomic mass is 16.5. The van der Waals surface area contributed by atoms with E-state index in [0.29, 0.717) is 43.3 Å². The number of fused-ring (bicyclic) bond motifs is 1. The number of aromatic nitrogens is 1. The molecule has 2 atom stereocenters. The minimum Gasteiger partial charge on any atom is -0.492 e. The number of hydrogen-bond donors (Lipinski definition) is 2. The largest absolute Gasteiger partial charge is 0.492 e. The summed E-state index contributed by atoms with van der Waals surface area (Å²) < 4.78 is 16.5. The van der Waals surface area contributed by atoms with Gasteiger partial charge in [0.15, 0.2) is 0 Å². The summed E-state index contributed by atoms with van der Waals surface area (Å²) in [5.74, 6) is 1.05. The molecule has 2 aliphatic rings. The fourth-order valence-corrected chi connectivity index (χ4v) is 4.44. The van der Waals surface area contributed by atoms with Crippen LogP contribution in [0.5, 0.6) is 5.75 Å². The summed E-state index contributed by atoms with van der Waals surface area (Å²) in [5.41, 5.74) is 5.94. The number of aliphatic hydroxyl groups is 1. The Morgan fingerprint density at radius 2 is 2.09 bits per heavy atom. The lowest BCUT2D eigenvalue weighted by Gasteiger charge is -2.28. The number of nitrogens with zero attached hydrogens (tertiary/aromatic N) is 1. The normalized spacial score (nSPS) is 19.9. The van der Waals surface area contributed by atoms with Gasteiger partial charge in [-0.3, -0.25) is 4.79 Å². The number of benzene rings is 2. The Hall–Kier alpha value is -3.16. The molecular formula is C25H26N2O5. The van der Waals surface area contributed by atoms with Gasteiger partial charge in [-0.2, -0.15) is 0 Å². The van der Waals surface area contributed by atoms with Gasteiger partial charge in [0.05, 0.1) is 37.1 Å². The fraction of sp³-hybridized carbons (Fsp3) is 0.360. The Bertz CT molecular complexity index is 1110. The number of aliphatic hydroxyl groups excluding tert-OH is 1. The van der Waals surface area contributed by atoms with Crippen molar-refractivity contribution < 1.29 is 23.8 Å². The number of rotatable bonds is 5. The summed E-state index contributed by atoms with van der Waals surface area (Å²) in [6.45, 7) is 3.43. The lowest BCUT2D eigenvalue weighted by molar-refractivity contribution is -0.0261. The summed E-state index contributed by atoms with van der Waals surface area (Å²) in [5, 5.41) is 13.1. The minimum atomic E-state index is -0.700. The van der Waals surface area contributed by atoms with Crippen LogP contribution in [0.1, 0.15) is 39.0 Å². The molecule has 3 aromatic rings. The zero-order chi connectivity index (χ0) is 22.1. The van der Waals surface area contributed by atoms with Crippen molar-refractivity contribution in [1.29, 1.82) is 0 Å². The van der Waals surface area contributed by atoms with Crippen LogP contribution in [0.15, 0.2) is 47.2 Å². The van der Waals surface area contributed by atoms with Crippen LogP contribution in [0, 0.1) is 6.92 Å². The molecule has 2 aliphatic heterocycles. The highest BCUT2D eigenvalue weighted by molar-refractivity contribution is 5.98. The average molecular weight is 434 g/mol. The van der Waals surface area contributed by atoms with E-state index in [1.54, 1.807) is 12.5 Å². The van der Waals surface area contributed by atoms with Gasteiger partial charge in [0, 0.05) is 24.2 Å². The smallest absolute Gasteiger partial charge is 0.255 e. The van der Waals surface area contributed by atoms with E-state index in [0.717, 1.165) is 34.2 Å². The quantitative estimate of drug-likeness (QED) is 0.641. The van der Waals surface area contributed by atoms with Gasteiger partial charge in [0.25, 0.3) is 5.91 Å². The summed E-state index contributed by atoms with van der Waals surface area (Å²) in [6, 6.07) is 9.71. The van der Waals surface area contributed by atoms with Crippen LogP contribution in [-0.2, 0) is 17.6 Å². The first-order valence-corrected chi connectivity index (χ1v) is 10.9. The van der Waals surface area contributed by atoms with Gasteiger partial charge in [0.1, 0.15) is 12.0 Å². The Kier molecular flexibility index (Phi) is 5.68. The van der Waals surface area contributed by atoms with Crippen LogP contribution in [0.3, 0.4) is 0 Å². The monoisotopic (exact) mass is 434 g/mol. The van der Waals surface area contributed by atoms with Crippen LogP contribution < -0.4 is 10.1 Å². The molecule has 0 unspecified atom stereocenters. The highest BCUT2D eigenvalue weighted by Gasteiger charge is 2.29. The molecular weight excluding hydrogens is 408 g/mol. The van der Waals surface area contributed by atoms with E-state index < -0.39 is 6.10 Å². The molecule has 1 fully saturated rings. The second-order valence-corrected chi connectivity index (χ2v) is 8.34. The van der Waals surface area contributed by atoms with Crippen molar-refractivity contribution in [3.63, 3.8) is 0 Å². The van der Waals surface area contributed by atoms with E-state index in [2.05, 4.69) is 29.4 Å². The molecule has 0 saturated carbocycles. The zero-order valence-electron chi connectivity index (χ0n) is 18.0. The number of ether oxygens (including phenoxy) is 2. The highest BCUT2D eigenvalue weighted by Crippen LogP contribution is 2.35. The van der Waals surface area contributed by atoms with Gasteiger partial charge < -0.3 is 24.3 Å². The number of carbonyl (C=O) groups excluding carboxylic acids is 1. The first-order chi connectivity index (χ1) is 15.6. The van der Waals surface area contributed by atoms with Crippen LogP contribution in [-0.4, -0.2) is 48.0 Å². The third-order valence-electron chi connectivity index (χ3n) is 6.29. The molecule has 3 heterocycles. The predicted octanol–water partition coefficient (Wildman–Crippen LogP) is 3.06. The van der Waals surface area contributed by atoms with E-state index in [9.17, 15) is 9.90 Å². The van der Waals surface area contributed by atoms with Gasteiger partial charge in [-0.1, -0.05) is 12.1 Å². The van der Waals surface area contributed by atoms with E-state index in [1.165, 1.54) is 0 Å². The summed E-state index contributed by atoms with van der Waals surface area (Å²) >= 11 is 0. The van der Waals surface area contributed by atoms with Crippen LogP contribution >= 0.6 is 0 Å².